The average molecular weight is 532 g/mol. The van der Waals surface area contributed by atoms with E-state index in [0.717, 1.165) is 34.1 Å². The molecule has 0 amide bonds. The zero-order chi connectivity index (χ0) is 21.5. The zero-order valence-electron chi connectivity index (χ0n) is 17.4. The fourth-order valence-corrected chi connectivity index (χ4v) is 12.7. The summed E-state index contributed by atoms with van der Waals surface area (Å²) in [4.78, 5) is 1.99. The first-order valence-electron chi connectivity index (χ1n) is 9.95. The number of hydrogen-bond donors (Lipinski definition) is 0. The molecule has 7 heteroatoms. The Bertz CT molecular complexity index is 962. The first kappa shape index (κ1) is 22.7. The molecule has 0 spiro atoms. The van der Waals surface area contributed by atoms with E-state index < -0.39 is 21.1 Å². The van der Waals surface area contributed by atoms with Crippen molar-refractivity contribution in [1.29, 1.82) is 0 Å². The van der Waals surface area contributed by atoms with Crippen LogP contribution in [-0.2, 0) is 29.5 Å². The van der Waals surface area contributed by atoms with Gasteiger partial charge in [-0.2, -0.15) is 0 Å². The van der Waals surface area contributed by atoms with Crippen LogP contribution in [0.15, 0.2) is 101 Å². The molecule has 0 fully saturated rings. The first-order chi connectivity index (χ1) is 15.2. The third kappa shape index (κ3) is 5.47. The van der Waals surface area contributed by atoms with Crippen LogP contribution in [0, 0.1) is 0 Å². The average Bonchev–Trinajstić information content (AvgIpc) is 3.49. The van der Waals surface area contributed by atoms with Gasteiger partial charge in [0.15, 0.2) is 0 Å². The molecule has 2 aliphatic carbocycles. The molecule has 0 unspecified atom stereocenters. The van der Waals surface area contributed by atoms with Crippen molar-refractivity contribution in [2.24, 2.45) is 0 Å². The van der Waals surface area contributed by atoms with Crippen LogP contribution in [0.5, 0.6) is 11.5 Å². The van der Waals surface area contributed by atoms with Crippen molar-refractivity contribution < 1.29 is 35.1 Å². The van der Waals surface area contributed by atoms with Crippen LogP contribution in [0.4, 0.5) is 0 Å². The Labute approximate surface area is 198 Å². The van der Waals surface area contributed by atoms with Crippen LogP contribution in [-0.4, -0.2) is 14.2 Å². The van der Waals surface area contributed by atoms with Crippen molar-refractivity contribution in [3.8, 4) is 11.5 Å². The summed E-state index contributed by atoms with van der Waals surface area (Å²) in [7, 11) is 3.33. The van der Waals surface area contributed by atoms with E-state index in [9.17, 15) is 0 Å². The van der Waals surface area contributed by atoms with Crippen LogP contribution in [0.25, 0.3) is 0 Å². The zero-order valence-corrected chi connectivity index (χ0v) is 21.5. The van der Waals surface area contributed by atoms with Crippen molar-refractivity contribution in [3.05, 3.63) is 91.5 Å². The minimum atomic E-state index is -4.00. The predicted octanol–water partition coefficient (Wildman–Crippen LogP) is 7.12. The summed E-state index contributed by atoms with van der Waals surface area (Å²) in [5.74, 6) is 1.61. The third-order valence-corrected chi connectivity index (χ3v) is 14.7. The molecule has 0 aliphatic heterocycles. The quantitative estimate of drug-likeness (QED) is 0.304. The topological polar surface area (TPSA) is 36.9 Å². The van der Waals surface area contributed by atoms with Crippen molar-refractivity contribution in [2.45, 2.75) is 22.6 Å². The second-order valence-corrected chi connectivity index (χ2v) is 16.1. The molecule has 0 atom stereocenters. The molecule has 4 rings (SSSR count). The van der Waals surface area contributed by atoms with Gasteiger partial charge >= 0.3 is 199 Å². The summed E-state index contributed by atoms with van der Waals surface area (Å²) in [6.45, 7) is 0. The Kier molecular flexibility index (Phi) is 7.97. The van der Waals surface area contributed by atoms with Crippen LogP contribution < -0.4 is 5.63 Å². The Balaban J connectivity index is 1.75. The van der Waals surface area contributed by atoms with Gasteiger partial charge in [0.1, 0.15) is 0 Å². The van der Waals surface area contributed by atoms with Gasteiger partial charge in [0.2, 0.25) is 0 Å². The Morgan fingerprint density at radius 1 is 0.710 bits per heavy atom. The first-order valence-corrected chi connectivity index (χ1v) is 15.9. The predicted molar refractivity (Wildman–Crippen MR) is 124 cm³/mol. The van der Waals surface area contributed by atoms with E-state index in [-0.39, 0.29) is 0 Å². The molecule has 31 heavy (non-hydrogen) atoms. The van der Waals surface area contributed by atoms with Gasteiger partial charge in [-0.1, -0.05) is 0 Å². The van der Waals surface area contributed by atoms with E-state index >= 15 is 0 Å². The third-order valence-electron chi connectivity index (χ3n) is 4.88. The molecule has 0 radical (unpaired) electrons. The number of hydrogen-bond acceptors (Lipinski definition) is 6. The maximum atomic E-state index is 6.93. The molecule has 0 bridgehead atoms. The SMILES string of the molecule is COSc1cccc([O][Zr]([O]c2cccc(SOC)c2)([C]2=CC=CC2)[C]2=CC=CC2)c1. The van der Waals surface area contributed by atoms with E-state index in [0.29, 0.717) is 0 Å². The van der Waals surface area contributed by atoms with E-state index in [1.807, 2.05) is 48.5 Å². The van der Waals surface area contributed by atoms with Crippen molar-refractivity contribution >= 4 is 24.1 Å². The summed E-state index contributed by atoms with van der Waals surface area (Å²) >= 11 is -1.36. The molecule has 2 aromatic carbocycles. The van der Waals surface area contributed by atoms with E-state index in [2.05, 4.69) is 36.5 Å². The summed E-state index contributed by atoms with van der Waals surface area (Å²) in [6, 6.07) is 16.0. The van der Waals surface area contributed by atoms with Gasteiger partial charge in [-0.05, 0) is 0 Å². The van der Waals surface area contributed by atoms with Gasteiger partial charge in [-0.15, -0.1) is 0 Å². The molecule has 0 N–H and O–H groups in total. The molecule has 2 aromatic rings. The van der Waals surface area contributed by atoms with Crippen molar-refractivity contribution in [3.63, 3.8) is 0 Å². The van der Waals surface area contributed by atoms with Crippen LogP contribution >= 0.6 is 24.1 Å². The van der Waals surface area contributed by atoms with Gasteiger partial charge in [-0.3, -0.25) is 0 Å². The standard InChI is InChI=1S/2C7H8O2S.2C5H5.Zr/c2*1-9-10-7-4-2-3-6(8)5-7;2*1-2-4-5-3-1;/h2*2-5,8H,1H3;2*1-3H,4H2;/q;;;;+2/p-2. The summed E-state index contributed by atoms with van der Waals surface area (Å²) in [6.07, 6.45) is 14.6. The molecule has 160 valence electrons. The fraction of sp³-hybridized carbons (Fsp3) is 0.167. The summed E-state index contributed by atoms with van der Waals surface area (Å²) in [5, 5.41) is 0. The molecule has 0 aromatic heterocycles. The van der Waals surface area contributed by atoms with Crippen LogP contribution in [0.2, 0.25) is 0 Å². The molecule has 0 saturated carbocycles. The van der Waals surface area contributed by atoms with Gasteiger partial charge in [0.25, 0.3) is 0 Å². The maximum absolute atomic E-state index is 6.93. The van der Waals surface area contributed by atoms with E-state index in [1.54, 1.807) is 14.2 Å². The molecule has 0 heterocycles. The molecule has 4 nitrogen and oxygen atoms in total. The van der Waals surface area contributed by atoms with Gasteiger partial charge in [0.05, 0.1) is 0 Å². The Hall–Kier alpha value is -1.50. The van der Waals surface area contributed by atoms with E-state index in [4.69, 9.17) is 14.0 Å². The van der Waals surface area contributed by atoms with Crippen molar-refractivity contribution in [2.75, 3.05) is 14.2 Å². The van der Waals surface area contributed by atoms with Gasteiger partial charge in [-0.25, -0.2) is 0 Å². The number of benzene rings is 2. The Morgan fingerprint density at radius 2 is 1.19 bits per heavy atom. The van der Waals surface area contributed by atoms with Crippen molar-refractivity contribution in [1.82, 2.24) is 0 Å². The minimum absolute atomic E-state index is 0.806. The normalized spacial score (nSPS) is 15.2. The second-order valence-electron chi connectivity index (χ2n) is 6.92. The summed E-state index contributed by atoms with van der Waals surface area (Å²) < 4.78 is 26.8. The van der Waals surface area contributed by atoms with Gasteiger partial charge < -0.3 is 0 Å². The summed E-state index contributed by atoms with van der Waals surface area (Å²) in [5.41, 5.74) is 0. The number of allylic oxidation sites excluding steroid dienone is 8. The molecule has 2 aliphatic rings. The van der Waals surface area contributed by atoms with Crippen LogP contribution in [0.3, 0.4) is 0 Å². The monoisotopic (exact) mass is 530 g/mol. The van der Waals surface area contributed by atoms with E-state index in [1.165, 1.54) is 30.6 Å². The number of rotatable bonds is 10. The second kappa shape index (κ2) is 10.9. The fourth-order valence-electron chi connectivity index (χ4n) is 3.58. The molecular weight excluding hydrogens is 508 g/mol. The van der Waals surface area contributed by atoms with Gasteiger partial charge in [0, 0.05) is 0 Å². The molecule has 0 saturated heterocycles. The molecular formula is C24H24O4S2Zr. The Morgan fingerprint density at radius 3 is 1.58 bits per heavy atom. The van der Waals surface area contributed by atoms with Crippen LogP contribution in [0.1, 0.15) is 12.8 Å².